The predicted octanol–water partition coefficient (Wildman–Crippen LogP) is 5.12. The Balaban J connectivity index is 1.41. The molecule has 2 aromatic carbocycles. The van der Waals surface area contributed by atoms with Crippen LogP contribution in [-0.4, -0.2) is 32.8 Å². The molecule has 1 amide bonds. The lowest BCUT2D eigenvalue weighted by atomic mass is 10.1. The molecule has 0 fully saturated rings. The molecule has 2 heterocycles. The number of rotatable bonds is 9. The van der Waals surface area contributed by atoms with Crippen molar-refractivity contribution in [3.63, 3.8) is 0 Å². The Labute approximate surface area is 225 Å². The van der Waals surface area contributed by atoms with E-state index in [0.717, 1.165) is 0 Å². The smallest absolute Gasteiger partial charge is 0.452 e. The number of carbonyl (C=O) groups is 1. The van der Waals surface area contributed by atoms with Crippen molar-refractivity contribution in [1.29, 1.82) is 0 Å². The van der Waals surface area contributed by atoms with Crippen molar-refractivity contribution < 1.29 is 39.8 Å². The first-order chi connectivity index (χ1) is 18.5. The summed E-state index contributed by atoms with van der Waals surface area (Å²) in [6, 6.07) is 13.8. The topological polar surface area (TPSA) is 120 Å². The highest BCUT2D eigenvalue weighted by Gasteiger charge is 2.37. The minimum absolute atomic E-state index is 0.0400. The number of hydrazone groups is 1. The van der Waals surface area contributed by atoms with Crippen LogP contribution in [0, 0.1) is 0 Å². The number of para-hydroxylation sites is 1. The van der Waals surface area contributed by atoms with Gasteiger partial charge in [0, 0.05) is 16.5 Å². The first kappa shape index (κ1) is 28.0. The number of allylic oxidation sites excluding steroid dienone is 2. The first-order valence-corrected chi connectivity index (χ1v) is 13.4. The summed E-state index contributed by atoms with van der Waals surface area (Å²) in [6.07, 6.45) is -0.440. The molecule has 0 atom stereocenters. The van der Waals surface area contributed by atoms with Crippen molar-refractivity contribution in [3.05, 3.63) is 93.6 Å². The Morgan fingerprint density at radius 2 is 1.97 bits per heavy atom. The lowest BCUT2D eigenvalue weighted by molar-refractivity contribution is -0.155. The SMILES string of the molecule is COc1cccc(CC(=O)N/N=C/c2ccccc2OS(=O)(=O)C2=CCC=C(c3cc(C(F)(F)F)on3)S2)c1. The Hall–Kier alpha value is -4.04. The van der Waals surface area contributed by atoms with E-state index in [9.17, 15) is 26.4 Å². The summed E-state index contributed by atoms with van der Waals surface area (Å²) >= 11 is 0.686. The number of nitrogens with one attached hydrogen (secondary N) is 1. The van der Waals surface area contributed by atoms with E-state index in [-0.39, 0.29) is 39.0 Å². The van der Waals surface area contributed by atoms with Crippen LogP contribution in [0.25, 0.3) is 4.91 Å². The van der Waals surface area contributed by atoms with Crippen LogP contribution in [0.1, 0.15) is 29.0 Å². The Kier molecular flexibility index (Phi) is 8.45. The van der Waals surface area contributed by atoms with Gasteiger partial charge in [0.2, 0.25) is 11.7 Å². The molecule has 4 rings (SSSR count). The minimum Gasteiger partial charge on any atom is -0.497 e. The second-order valence-electron chi connectivity index (χ2n) is 7.90. The molecule has 39 heavy (non-hydrogen) atoms. The number of methoxy groups -OCH3 is 1. The molecule has 0 unspecified atom stereocenters. The average Bonchev–Trinajstić information content (AvgIpc) is 3.41. The van der Waals surface area contributed by atoms with E-state index in [1.165, 1.54) is 37.6 Å². The molecule has 1 N–H and O–H groups in total. The third-order valence-corrected chi connectivity index (χ3v) is 7.98. The molecule has 0 spiro atoms. The van der Waals surface area contributed by atoms with Crippen LogP contribution in [0.15, 0.2) is 80.6 Å². The van der Waals surface area contributed by atoms with Gasteiger partial charge in [0.1, 0.15) is 15.7 Å². The highest BCUT2D eigenvalue weighted by Crippen LogP contribution is 2.42. The molecule has 1 aliphatic rings. The van der Waals surface area contributed by atoms with Gasteiger partial charge in [-0.2, -0.15) is 26.7 Å². The molecular weight excluding hydrogens is 559 g/mol. The van der Waals surface area contributed by atoms with Gasteiger partial charge >= 0.3 is 16.3 Å². The van der Waals surface area contributed by atoms with E-state index >= 15 is 0 Å². The van der Waals surface area contributed by atoms with Crippen LogP contribution in [0.3, 0.4) is 0 Å². The van der Waals surface area contributed by atoms with Crippen molar-refractivity contribution >= 4 is 38.9 Å². The number of alkyl halides is 3. The molecule has 0 saturated carbocycles. The standard InChI is InChI=1S/C25H20F3N3O6S2/c1-35-18-8-4-6-16(12-18)13-23(32)30-29-15-17-7-2-3-9-20(17)37-39(33,34)24-11-5-10-21(38-24)19-14-22(36-31-19)25(26,27)28/h2-4,6-12,14-15H,5,13H2,1H3,(H,30,32)/b29-15+. The van der Waals surface area contributed by atoms with Gasteiger partial charge in [-0.05, 0) is 36.2 Å². The van der Waals surface area contributed by atoms with Crippen LogP contribution in [0.5, 0.6) is 11.5 Å². The van der Waals surface area contributed by atoms with Gasteiger partial charge in [0.25, 0.3) is 0 Å². The fourth-order valence-electron chi connectivity index (χ4n) is 3.29. The number of carbonyl (C=O) groups excluding carboxylic acids is 1. The maximum absolute atomic E-state index is 13.0. The van der Waals surface area contributed by atoms with Gasteiger partial charge in [-0.3, -0.25) is 4.79 Å². The molecule has 0 bridgehead atoms. The highest BCUT2D eigenvalue weighted by atomic mass is 32.3. The van der Waals surface area contributed by atoms with Crippen molar-refractivity contribution in [2.24, 2.45) is 5.10 Å². The molecule has 0 aliphatic carbocycles. The second kappa shape index (κ2) is 11.8. The summed E-state index contributed by atoms with van der Waals surface area (Å²) in [5.74, 6) is -1.16. The van der Waals surface area contributed by atoms with E-state index < -0.39 is 28.0 Å². The molecule has 1 aromatic heterocycles. The number of amides is 1. The molecule has 0 saturated heterocycles. The molecule has 9 nitrogen and oxygen atoms in total. The van der Waals surface area contributed by atoms with Gasteiger partial charge in [-0.15, -0.1) is 0 Å². The summed E-state index contributed by atoms with van der Waals surface area (Å²) in [4.78, 5) is 12.4. The van der Waals surface area contributed by atoms with Crippen molar-refractivity contribution in [2.45, 2.75) is 19.0 Å². The number of ether oxygens (including phenoxy) is 1. The fourth-order valence-corrected chi connectivity index (χ4v) is 5.62. The second-order valence-corrected chi connectivity index (χ2v) is 10.8. The van der Waals surface area contributed by atoms with Crippen LogP contribution in [-0.2, 0) is 27.5 Å². The van der Waals surface area contributed by atoms with Gasteiger partial charge in [0.05, 0.1) is 19.7 Å². The number of aromatic nitrogens is 1. The van der Waals surface area contributed by atoms with Crippen LogP contribution < -0.4 is 14.3 Å². The number of nitrogens with zero attached hydrogens (tertiary/aromatic N) is 2. The maximum atomic E-state index is 13.0. The van der Waals surface area contributed by atoms with Crippen molar-refractivity contribution in [1.82, 2.24) is 10.6 Å². The molecule has 14 heteroatoms. The van der Waals surface area contributed by atoms with E-state index in [4.69, 9.17) is 8.92 Å². The molecule has 0 radical (unpaired) electrons. The van der Waals surface area contributed by atoms with Crippen molar-refractivity contribution in [2.75, 3.05) is 7.11 Å². The number of hydrogen-bond acceptors (Lipinski definition) is 9. The van der Waals surface area contributed by atoms with Crippen LogP contribution >= 0.6 is 11.8 Å². The number of halogens is 3. The summed E-state index contributed by atoms with van der Waals surface area (Å²) in [6.45, 7) is 0. The summed E-state index contributed by atoms with van der Waals surface area (Å²) in [7, 11) is -2.85. The molecule has 1 aliphatic heterocycles. The Morgan fingerprint density at radius 3 is 2.72 bits per heavy atom. The zero-order chi connectivity index (χ0) is 28.0. The van der Waals surface area contributed by atoms with Gasteiger partial charge in [-0.1, -0.05) is 53.3 Å². The number of thioether (sulfide) groups is 1. The lowest BCUT2D eigenvalue weighted by Crippen LogP contribution is -2.20. The molecule has 3 aromatic rings. The lowest BCUT2D eigenvalue weighted by Gasteiger charge is -2.15. The maximum Gasteiger partial charge on any atom is 0.452 e. The third kappa shape index (κ3) is 7.29. The monoisotopic (exact) mass is 579 g/mol. The first-order valence-electron chi connectivity index (χ1n) is 11.2. The van der Waals surface area contributed by atoms with Gasteiger partial charge < -0.3 is 13.4 Å². The Morgan fingerprint density at radius 1 is 1.18 bits per heavy atom. The highest BCUT2D eigenvalue weighted by molar-refractivity contribution is 8.22. The van der Waals surface area contributed by atoms with E-state index in [2.05, 4.69) is 20.2 Å². The summed E-state index contributed by atoms with van der Waals surface area (Å²) < 4.78 is 79.1. The quantitative estimate of drug-likeness (QED) is 0.211. The van der Waals surface area contributed by atoms with Gasteiger partial charge in [0.15, 0.2) is 5.75 Å². The molecular formula is C25H20F3N3O6S2. The average molecular weight is 580 g/mol. The van der Waals surface area contributed by atoms with E-state index in [0.29, 0.717) is 29.1 Å². The Bertz CT molecular complexity index is 1560. The third-order valence-electron chi connectivity index (χ3n) is 5.10. The summed E-state index contributed by atoms with van der Waals surface area (Å²) in [5, 5.41) is 7.29. The molecule has 204 valence electrons. The number of benzene rings is 2. The zero-order valence-corrected chi connectivity index (χ0v) is 21.8. The van der Waals surface area contributed by atoms with Crippen molar-refractivity contribution in [3.8, 4) is 11.5 Å². The van der Waals surface area contributed by atoms with Gasteiger partial charge in [-0.25, -0.2) is 5.43 Å². The fraction of sp³-hybridized carbons (Fsp3) is 0.160. The largest absolute Gasteiger partial charge is 0.497 e. The normalized spacial score (nSPS) is 14.1. The van der Waals surface area contributed by atoms with Crippen LogP contribution in [0.4, 0.5) is 13.2 Å². The number of hydrogen-bond donors (Lipinski definition) is 1. The minimum atomic E-state index is -4.72. The predicted molar refractivity (Wildman–Crippen MR) is 138 cm³/mol. The van der Waals surface area contributed by atoms with E-state index in [1.807, 2.05) is 0 Å². The summed E-state index contributed by atoms with van der Waals surface area (Å²) in [5.41, 5.74) is 3.19. The zero-order valence-electron chi connectivity index (χ0n) is 20.1. The van der Waals surface area contributed by atoms with E-state index in [1.54, 1.807) is 36.4 Å². The van der Waals surface area contributed by atoms with Crippen LogP contribution in [0.2, 0.25) is 0 Å².